The average Bonchev–Trinajstić information content (AvgIpc) is 3.31. The van der Waals surface area contributed by atoms with Crippen molar-refractivity contribution in [3.05, 3.63) is 54.2 Å². The Kier molecular flexibility index (Phi) is 4.81. The van der Waals surface area contributed by atoms with Gasteiger partial charge < -0.3 is 14.5 Å². The van der Waals surface area contributed by atoms with Crippen LogP contribution in [0.3, 0.4) is 0 Å². The minimum Gasteiger partial charge on any atom is -0.468 e. The van der Waals surface area contributed by atoms with Gasteiger partial charge in [-0.25, -0.2) is 0 Å². The summed E-state index contributed by atoms with van der Waals surface area (Å²) in [6.07, 6.45) is 6.31. The predicted octanol–water partition coefficient (Wildman–Crippen LogP) is 1.83. The van der Waals surface area contributed by atoms with E-state index >= 15 is 0 Å². The van der Waals surface area contributed by atoms with Crippen LogP contribution in [0.25, 0.3) is 0 Å². The molecule has 2 fully saturated rings. The van der Waals surface area contributed by atoms with Crippen LogP contribution in [-0.4, -0.2) is 41.6 Å². The van der Waals surface area contributed by atoms with E-state index < -0.39 is 0 Å². The summed E-state index contributed by atoms with van der Waals surface area (Å²) >= 11 is 0. The van der Waals surface area contributed by atoms with Crippen LogP contribution in [0.1, 0.15) is 17.7 Å². The number of likely N-dealkylation sites (tertiary alicyclic amines) is 1. The molecule has 2 aromatic heterocycles. The molecule has 25 heavy (non-hydrogen) atoms. The second-order valence-corrected chi connectivity index (χ2v) is 6.82. The molecule has 1 amide bonds. The smallest absolute Gasteiger partial charge is 0.225 e. The minimum absolute atomic E-state index is 0.0483. The number of pyridine rings is 1. The normalized spacial score (nSPS) is 26.3. The van der Waals surface area contributed by atoms with Gasteiger partial charge in [-0.15, -0.1) is 0 Å². The van der Waals surface area contributed by atoms with E-state index in [0.29, 0.717) is 19.0 Å². The van der Waals surface area contributed by atoms with Crippen LogP contribution in [0.15, 0.2) is 47.3 Å². The van der Waals surface area contributed by atoms with Crippen LogP contribution >= 0.6 is 0 Å². The van der Waals surface area contributed by atoms with Crippen LogP contribution in [0, 0.1) is 11.8 Å². The molecule has 0 bridgehead atoms. The molecule has 4 heterocycles. The monoisotopic (exact) mass is 341 g/mol. The number of carbonyl (C=O) groups is 1. The summed E-state index contributed by atoms with van der Waals surface area (Å²) < 4.78 is 11.3. The minimum atomic E-state index is -0.0483. The Morgan fingerprint density at radius 3 is 3.08 bits per heavy atom. The van der Waals surface area contributed by atoms with Crippen LogP contribution in [0.2, 0.25) is 0 Å². The molecule has 1 N–H and O–H groups in total. The fraction of sp³-hybridized carbons (Fsp3) is 0.474. The summed E-state index contributed by atoms with van der Waals surface area (Å²) in [6.45, 7) is 3.57. The van der Waals surface area contributed by atoms with Gasteiger partial charge in [0.15, 0.2) is 0 Å². The van der Waals surface area contributed by atoms with Gasteiger partial charge in [-0.1, -0.05) is 6.07 Å². The zero-order chi connectivity index (χ0) is 17.1. The van der Waals surface area contributed by atoms with Gasteiger partial charge in [0.05, 0.1) is 24.8 Å². The highest BCUT2D eigenvalue weighted by Gasteiger charge is 2.43. The maximum Gasteiger partial charge on any atom is 0.225 e. The number of hydrogen-bond acceptors (Lipinski definition) is 5. The van der Waals surface area contributed by atoms with Crippen molar-refractivity contribution in [3.8, 4) is 0 Å². The zero-order valence-corrected chi connectivity index (χ0v) is 14.1. The standard InChI is InChI=1S/C19H23N3O3/c23-19(21-10-14-3-1-6-20-9-14)17-12-22(11-15-4-2-7-24-15)13-18-16(17)5-8-25-18/h1-4,6-7,9,16-18H,5,8,10-13H2,(H,21,23)/t16-,17-,18+/m1/s1. The Bertz CT molecular complexity index is 689. The number of nitrogens with one attached hydrogen (secondary N) is 1. The van der Waals surface area contributed by atoms with Crippen molar-refractivity contribution in [2.45, 2.75) is 25.6 Å². The molecule has 0 saturated carbocycles. The number of aromatic nitrogens is 1. The molecule has 0 aliphatic carbocycles. The van der Waals surface area contributed by atoms with Crippen LogP contribution in [-0.2, 0) is 22.6 Å². The number of rotatable bonds is 5. The lowest BCUT2D eigenvalue weighted by atomic mass is 9.82. The molecular weight excluding hydrogens is 318 g/mol. The molecule has 2 aliphatic rings. The van der Waals surface area contributed by atoms with E-state index in [1.165, 1.54) is 0 Å². The van der Waals surface area contributed by atoms with Crippen molar-refractivity contribution in [2.24, 2.45) is 11.8 Å². The third kappa shape index (κ3) is 3.75. The van der Waals surface area contributed by atoms with Gasteiger partial charge >= 0.3 is 0 Å². The summed E-state index contributed by atoms with van der Waals surface area (Å²) in [5.74, 6) is 1.29. The number of piperidine rings is 1. The number of nitrogens with zero attached hydrogens (tertiary/aromatic N) is 2. The third-order valence-electron chi connectivity index (χ3n) is 5.16. The summed E-state index contributed by atoms with van der Waals surface area (Å²) in [5, 5.41) is 3.08. The van der Waals surface area contributed by atoms with E-state index in [2.05, 4.69) is 15.2 Å². The predicted molar refractivity (Wildman–Crippen MR) is 91.4 cm³/mol. The number of ether oxygens (including phenoxy) is 1. The molecule has 132 valence electrons. The van der Waals surface area contributed by atoms with E-state index in [0.717, 1.165) is 37.4 Å². The maximum absolute atomic E-state index is 12.8. The molecular formula is C19H23N3O3. The van der Waals surface area contributed by atoms with Gasteiger partial charge in [0, 0.05) is 44.6 Å². The van der Waals surface area contributed by atoms with Gasteiger partial charge in [0.25, 0.3) is 0 Å². The number of furan rings is 1. The Labute approximate surface area is 147 Å². The molecule has 2 aromatic rings. The van der Waals surface area contributed by atoms with Crippen molar-refractivity contribution < 1.29 is 13.9 Å². The van der Waals surface area contributed by atoms with Crippen molar-refractivity contribution in [2.75, 3.05) is 19.7 Å². The Morgan fingerprint density at radius 2 is 2.28 bits per heavy atom. The SMILES string of the molecule is O=C(NCc1cccnc1)[C@@H]1CN(Cc2ccco2)C[C@@H]2OCC[C@@H]21. The molecule has 6 nitrogen and oxygen atoms in total. The van der Waals surface area contributed by atoms with Crippen LogP contribution < -0.4 is 5.32 Å². The largest absolute Gasteiger partial charge is 0.468 e. The highest BCUT2D eigenvalue weighted by Crippen LogP contribution is 2.34. The highest BCUT2D eigenvalue weighted by molar-refractivity contribution is 5.79. The molecule has 0 radical (unpaired) electrons. The lowest BCUT2D eigenvalue weighted by molar-refractivity contribution is -0.131. The topological polar surface area (TPSA) is 67.6 Å². The lowest BCUT2D eigenvalue weighted by Crippen LogP contribution is -2.52. The summed E-state index contributed by atoms with van der Waals surface area (Å²) in [4.78, 5) is 19.2. The highest BCUT2D eigenvalue weighted by atomic mass is 16.5. The Balaban J connectivity index is 1.41. The summed E-state index contributed by atoms with van der Waals surface area (Å²) in [6, 6.07) is 7.72. The van der Waals surface area contributed by atoms with Crippen molar-refractivity contribution in [1.82, 2.24) is 15.2 Å². The molecule has 2 saturated heterocycles. The summed E-state index contributed by atoms with van der Waals surface area (Å²) in [7, 11) is 0. The van der Waals surface area contributed by atoms with E-state index in [1.54, 1.807) is 18.7 Å². The molecule has 6 heteroatoms. The fourth-order valence-electron chi connectivity index (χ4n) is 3.91. The summed E-state index contributed by atoms with van der Waals surface area (Å²) in [5.41, 5.74) is 1.01. The van der Waals surface area contributed by atoms with Gasteiger partial charge in [-0.05, 0) is 30.2 Å². The second kappa shape index (κ2) is 7.37. The number of amides is 1. The van der Waals surface area contributed by atoms with E-state index in [-0.39, 0.29) is 17.9 Å². The third-order valence-corrected chi connectivity index (χ3v) is 5.16. The Morgan fingerprint density at radius 1 is 1.32 bits per heavy atom. The molecule has 0 unspecified atom stereocenters. The van der Waals surface area contributed by atoms with E-state index in [1.807, 2.05) is 24.3 Å². The molecule has 4 rings (SSSR count). The van der Waals surface area contributed by atoms with Crippen molar-refractivity contribution in [1.29, 1.82) is 0 Å². The molecule has 2 aliphatic heterocycles. The van der Waals surface area contributed by atoms with Crippen LogP contribution in [0.5, 0.6) is 0 Å². The van der Waals surface area contributed by atoms with Gasteiger partial charge in [0.2, 0.25) is 5.91 Å². The molecule has 0 spiro atoms. The average molecular weight is 341 g/mol. The van der Waals surface area contributed by atoms with E-state index in [9.17, 15) is 4.79 Å². The fourth-order valence-corrected chi connectivity index (χ4v) is 3.91. The Hall–Kier alpha value is -2.18. The van der Waals surface area contributed by atoms with Gasteiger partial charge in [-0.2, -0.15) is 0 Å². The first-order valence-electron chi connectivity index (χ1n) is 8.82. The first-order chi connectivity index (χ1) is 12.3. The van der Waals surface area contributed by atoms with Crippen molar-refractivity contribution in [3.63, 3.8) is 0 Å². The molecule has 3 atom stereocenters. The first kappa shape index (κ1) is 16.3. The quantitative estimate of drug-likeness (QED) is 0.899. The second-order valence-electron chi connectivity index (χ2n) is 6.82. The number of carbonyl (C=O) groups excluding carboxylic acids is 1. The lowest BCUT2D eigenvalue weighted by Gasteiger charge is -2.38. The van der Waals surface area contributed by atoms with E-state index in [4.69, 9.17) is 9.15 Å². The van der Waals surface area contributed by atoms with Gasteiger partial charge in [-0.3, -0.25) is 14.7 Å². The zero-order valence-electron chi connectivity index (χ0n) is 14.1. The maximum atomic E-state index is 12.8. The van der Waals surface area contributed by atoms with Crippen molar-refractivity contribution >= 4 is 5.91 Å². The van der Waals surface area contributed by atoms with Gasteiger partial charge in [0.1, 0.15) is 5.76 Å². The first-order valence-corrected chi connectivity index (χ1v) is 8.82. The molecule has 0 aromatic carbocycles. The number of hydrogen-bond donors (Lipinski definition) is 1. The van der Waals surface area contributed by atoms with Crippen LogP contribution in [0.4, 0.5) is 0 Å². The number of fused-ring (bicyclic) bond motifs is 1.